The van der Waals surface area contributed by atoms with Crippen LogP contribution in [0.25, 0.3) is 0 Å². The molecule has 0 bridgehead atoms. The standard InChI is InChI=1S/C17H24N4O2.3C2H6/c1-4-19-14-8-9-21(15-7-6-12(3)10-20-15)11-13(14)16(18)17(22)23-5-2;3*1-2/h6-7,10H,4-5,8-9,11,18H2,1-3H3;3*1-2H3/b16-13-,19-14?;;;. The van der Waals surface area contributed by atoms with Crippen molar-refractivity contribution in [3.8, 4) is 0 Å². The summed E-state index contributed by atoms with van der Waals surface area (Å²) < 4.78 is 5.03. The lowest BCUT2D eigenvalue weighted by molar-refractivity contribution is -0.138. The average Bonchev–Trinajstić information content (AvgIpc) is 2.78. The van der Waals surface area contributed by atoms with Crippen LogP contribution in [0.4, 0.5) is 5.82 Å². The van der Waals surface area contributed by atoms with Crippen molar-refractivity contribution in [3.63, 3.8) is 0 Å². The van der Waals surface area contributed by atoms with Gasteiger partial charge in [-0.25, -0.2) is 9.78 Å². The van der Waals surface area contributed by atoms with Crippen molar-refractivity contribution in [1.82, 2.24) is 4.98 Å². The van der Waals surface area contributed by atoms with E-state index in [1.807, 2.05) is 73.7 Å². The summed E-state index contributed by atoms with van der Waals surface area (Å²) in [6.07, 6.45) is 2.57. The number of nitrogens with zero attached hydrogens (tertiary/aromatic N) is 3. The first kappa shape index (κ1) is 28.8. The van der Waals surface area contributed by atoms with Crippen LogP contribution in [-0.4, -0.2) is 42.9 Å². The summed E-state index contributed by atoms with van der Waals surface area (Å²) in [5.74, 6) is 0.394. The Kier molecular flexibility index (Phi) is 17.6. The van der Waals surface area contributed by atoms with E-state index in [9.17, 15) is 4.79 Å². The van der Waals surface area contributed by atoms with Gasteiger partial charge in [0.25, 0.3) is 0 Å². The molecule has 0 aliphatic carbocycles. The second-order valence-electron chi connectivity index (χ2n) is 5.40. The van der Waals surface area contributed by atoms with E-state index in [-0.39, 0.29) is 5.70 Å². The zero-order valence-corrected chi connectivity index (χ0v) is 20.0. The van der Waals surface area contributed by atoms with Crippen LogP contribution in [0.5, 0.6) is 0 Å². The number of anilines is 1. The van der Waals surface area contributed by atoms with Gasteiger partial charge in [0.1, 0.15) is 11.5 Å². The van der Waals surface area contributed by atoms with Gasteiger partial charge in [-0.05, 0) is 32.4 Å². The van der Waals surface area contributed by atoms with Gasteiger partial charge in [-0.3, -0.25) is 4.99 Å². The molecule has 2 N–H and O–H groups in total. The molecule has 2 rings (SSSR count). The van der Waals surface area contributed by atoms with Crippen LogP contribution in [0.3, 0.4) is 0 Å². The number of aliphatic imine (C=N–C) groups is 1. The first-order valence-corrected chi connectivity index (χ1v) is 10.9. The van der Waals surface area contributed by atoms with Crippen molar-refractivity contribution >= 4 is 17.5 Å². The summed E-state index contributed by atoms with van der Waals surface area (Å²) >= 11 is 0. The molecule has 0 amide bonds. The van der Waals surface area contributed by atoms with Gasteiger partial charge >= 0.3 is 5.97 Å². The molecule has 1 aromatic rings. The van der Waals surface area contributed by atoms with Gasteiger partial charge in [0.2, 0.25) is 0 Å². The zero-order valence-electron chi connectivity index (χ0n) is 20.0. The predicted molar refractivity (Wildman–Crippen MR) is 126 cm³/mol. The van der Waals surface area contributed by atoms with Gasteiger partial charge in [-0.2, -0.15) is 0 Å². The number of hydrogen-bond acceptors (Lipinski definition) is 6. The van der Waals surface area contributed by atoms with E-state index in [1.165, 1.54) is 0 Å². The van der Waals surface area contributed by atoms with E-state index in [0.29, 0.717) is 19.7 Å². The molecule has 0 saturated carbocycles. The first-order valence-electron chi connectivity index (χ1n) is 10.9. The molecule has 0 spiro atoms. The minimum Gasteiger partial charge on any atom is -0.461 e. The number of piperidine rings is 1. The maximum absolute atomic E-state index is 12.0. The Hall–Kier alpha value is -2.37. The van der Waals surface area contributed by atoms with Crippen LogP contribution in [0.2, 0.25) is 0 Å². The Bertz CT molecular complexity index is 622. The molecular formula is C23H42N4O2. The summed E-state index contributed by atoms with van der Waals surface area (Å²) in [7, 11) is 0. The molecule has 1 aliphatic heterocycles. The van der Waals surface area contributed by atoms with Crippen molar-refractivity contribution in [1.29, 1.82) is 0 Å². The van der Waals surface area contributed by atoms with E-state index >= 15 is 0 Å². The van der Waals surface area contributed by atoms with Crippen molar-refractivity contribution < 1.29 is 9.53 Å². The number of aryl methyl sites for hydroxylation is 1. The summed E-state index contributed by atoms with van der Waals surface area (Å²) in [6, 6.07) is 4.01. The topological polar surface area (TPSA) is 80.8 Å². The Morgan fingerprint density at radius 3 is 2.28 bits per heavy atom. The molecule has 0 aromatic carbocycles. The van der Waals surface area contributed by atoms with Crippen LogP contribution in [0.1, 0.15) is 67.4 Å². The number of carbonyl (C=O) groups excluding carboxylic acids is 1. The minimum atomic E-state index is -0.481. The fourth-order valence-electron chi connectivity index (χ4n) is 2.53. The molecule has 6 nitrogen and oxygen atoms in total. The molecule has 2 heterocycles. The lowest BCUT2D eigenvalue weighted by Crippen LogP contribution is -2.39. The molecule has 166 valence electrons. The molecule has 0 unspecified atom stereocenters. The molecule has 0 atom stereocenters. The number of aromatic nitrogens is 1. The van der Waals surface area contributed by atoms with Gasteiger partial charge < -0.3 is 15.4 Å². The number of rotatable bonds is 4. The third-order valence-electron chi connectivity index (χ3n) is 3.71. The van der Waals surface area contributed by atoms with Crippen LogP contribution in [0.15, 0.2) is 34.6 Å². The Morgan fingerprint density at radius 2 is 1.79 bits per heavy atom. The largest absolute Gasteiger partial charge is 0.461 e. The van der Waals surface area contributed by atoms with Crippen LogP contribution < -0.4 is 10.6 Å². The molecule has 0 radical (unpaired) electrons. The van der Waals surface area contributed by atoms with E-state index in [1.54, 1.807) is 6.92 Å². The maximum atomic E-state index is 12.0. The van der Waals surface area contributed by atoms with Gasteiger partial charge in [0.05, 0.1) is 6.61 Å². The lowest BCUT2D eigenvalue weighted by atomic mass is 9.99. The molecular weight excluding hydrogens is 364 g/mol. The highest BCUT2D eigenvalue weighted by atomic mass is 16.5. The third-order valence-corrected chi connectivity index (χ3v) is 3.71. The third kappa shape index (κ3) is 9.59. The molecule has 1 saturated heterocycles. The summed E-state index contributed by atoms with van der Waals surface area (Å²) in [5.41, 5.74) is 8.94. The van der Waals surface area contributed by atoms with E-state index in [0.717, 1.165) is 35.6 Å². The summed E-state index contributed by atoms with van der Waals surface area (Å²) in [5, 5.41) is 0. The van der Waals surface area contributed by atoms with E-state index in [2.05, 4.69) is 14.9 Å². The number of ether oxygens (including phenoxy) is 1. The van der Waals surface area contributed by atoms with Crippen LogP contribution in [0, 0.1) is 6.92 Å². The lowest BCUT2D eigenvalue weighted by Gasteiger charge is -2.31. The molecule has 1 aliphatic rings. The smallest absolute Gasteiger partial charge is 0.354 e. The highest BCUT2D eigenvalue weighted by Crippen LogP contribution is 2.21. The number of hydrogen-bond donors (Lipinski definition) is 1. The molecule has 1 fully saturated rings. The second-order valence-corrected chi connectivity index (χ2v) is 5.40. The van der Waals surface area contributed by atoms with Gasteiger partial charge in [0, 0.05) is 43.5 Å². The number of pyridine rings is 1. The quantitative estimate of drug-likeness (QED) is 0.567. The van der Waals surface area contributed by atoms with Gasteiger partial charge in [-0.1, -0.05) is 47.6 Å². The van der Waals surface area contributed by atoms with Crippen molar-refractivity contribution in [3.05, 3.63) is 35.2 Å². The first-order chi connectivity index (χ1) is 14.1. The van der Waals surface area contributed by atoms with Crippen molar-refractivity contribution in [2.45, 2.75) is 68.7 Å². The number of esters is 1. The maximum Gasteiger partial charge on any atom is 0.354 e. The predicted octanol–water partition coefficient (Wildman–Crippen LogP) is 4.92. The second kappa shape index (κ2) is 17.7. The van der Waals surface area contributed by atoms with Gasteiger partial charge in [0.15, 0.2) is 0 Å². The summed E-state index contributed by atoms with van der Waals surface area (Å²) in [4.78, 5) is 23.0. The number of nitrogens with two attached hydrogens (primary N) is 1. The van der Waals surface area contributed by atoms with Crippen LogP contribution >= 0.6 is 0 Å². The van der Waals surface area contributed by atoms with Gasteiger partial charge in [-0.15, -0.1) is 0 Å². The average molecular weight is 407 g/mol. The Morgan fingerprint density at radius 1 is 1.17 bits per heavy atom. The highest BCUT2D eigenvalue weighted by molar-refractivity contribution is 6.08. The van der Waals surface area contributed by atoms with E-state index < -0.39 is 5.97 Å². The Balaban J connectivity index is 0. The highest BCUT2D eigenvalue weighted by Gasteiger charge is 2.25. The van der Waals surface area contributed by atoms with Crippen molar-refractivity contribution in [2.75, 3.05) is 31.1 Å². The Labute approximate surface area is 178 Å². The number of carbonyl (C=O) groups is 1. The molecule has 6 heteroatoms. The SMILES string of the molecule is CC.CC.CC.CCN=C1CCN(c2ccc(C)cn2)C/C1=C(/N)C(=O)OCC. The van der Waals surface area contributed by atoms with E-state index in [4.69, 9.17) is 10.5 Å². The zero-order chi connectivity index (χ0) is 22.8. The fraction of sp³-hybridized carbons (Fsp3) is 0.609. The normalized spacial score (nSPS) is 15.6. The monoisotopic (exact) mass is 406 g/mol. The summed E-state index contributed by atoms with van der Waals surface area (Å²) in [6.45, 7) is 20.0. The molecule has 1 aromatic heterocycles. The fourth-order valence-corrected chi connectivity index (χ4v) is 2.53. The molecule has 29 heavy (non-hydrogen) atoms. The van der Waals surface area contributed by atoms with Crippen molar-refractivity contribution in [2.24, 2.45) is 10.7 Å². The minimum absolute atomic E-state index is 0.149. The van der Waals surface area contributed by atoms with Crippen LogP contribution in [-0.2, 0) is 9.53 Å².